The van der Waals surface area contributed by atoms with Crippen molar-refractivity contribution >= 4 is 23.2 Å². The monoisotopic (exact) mass is 543 g/mol. The molecule has 0 aliphatic heterocycles. The van der Waals surface area contributed by atoms with Gasteiger partial charge in [-0.15, -0.1) is 0 Å². The average Bonchev–Trinajstić information content (AvgIpc) is 2.91. The van der Waals surface area contributed by atoms with Crippen LogP contribution in [0.1, 0.15) is 40.1 Å². The second-order valence-corrected chi connectivity index (χ2v) is 9.19. The highest BCUT2D eigenvalue weighted by Gasteiger charge is 2.22. The van der Waals surface area contributed by atoms with E-state index in [-0.39, 0.29) is 30.0 Å². The third-order valence-electron chi connectivity index (χ3n) is 6.17. The van der Waals surface area contributed by atoms with E-state index in [9.17, 15) is 23.5 Å². The van der Waals surface area contributed by atoms with E-state index in [0.29, 0.717) is 33.6 Å². The van der Waals surface area contributed by atoms with Gasteiger partial charge < -0.3 is 26.9 Å². The van der Waals surface area contributed by atoms with Crippen molar-refractivity contribution in [1.29, 1.82) is 5.41 Å². The molecule has 40 heavy (non-hydrogen) atoms. The summed E-state index contributed by atoms with van der Waals surface area (Å²) < 4.78 is 28.0. The molecule has 0 aliphatic carbocycles. The third-order valence-corrected chi connectivity index (χ3v) is 6.17. The molecule has 0 unspecified atom stereocenters. The number of hydrogen-bond donors (Lipinski definition) is 5. The Morgan fingerprint density at radius 2 is 1.77 bits per heavy atom. The van der Waals surface area contributed by atoms with Crippen LogP contribution in [0.25, 0.3) is 11.1 Å². The van der Waals surface area contributed by atoms with E-state index >= 15 is 0 Å². The molecule has 0 fully saturated rings. The first-order valence-corrected chi connectivity index (χ1v) is 12.3. The maximum Gasteiger partial charge on any atom is 0.248 e. The summed E-state index contributed by atoms with van der Waals surface area (Å²) in [6, 6.07) is 16.8. The largest absolute Gasteiger partial charge is 0.508 e. The zero-order chi connectivity index (χ0) is 28.8. The van der Waals surface area contributed by atoms with Crippen molar-refractivity contribution in [3.8, 4) is 16.9 Å². The minimum Gasteiger partial charge on any atom is -0.508 e. The number of pyridine rings is 1. The number of phenolic OH excluding ortho intramolecular Hbond substituents is 1. The molecule has 0 bridgehead atoms. The Labute approximate surface area is 229 Å². The molecule has 0 aliphatic rings. The number of nitrogens with one attached hydrogen (secondary N) is 3. The molecule has 0 saturated carbocycles. The number of primary amides is 1. The van der Waals surface area contributed by atoms with Crippen molar-refractivity contribution in [3.05, 3.63) is 113 Å². The van der Waals surface area contributed by atoms with Gasteiger partial charge in [-0.25, -0.2) is 8.78 Å². The second kappa shape index (κ2) is 12.2. The van der Waals surface area contributed by atoms with Gasteiger partial charge in [0.25, 0.3) is 0 Å². The first kappa shape index (κ1) is 27.9. The van der Waals surface area contributed by atoms with Crippen LogP contribution in [0, 0.1) is 17.0 Å². The number of carbonyl (C=O) groups excluding carboxylic acids is 2. The summed E-state index contributed by atoms with van der Waals surface area (Å²) in [6.45, 7) is 1.36. The van der Waals surface area contributed by atoms with Gasteiger partial charge in [-0.1, -0.05) is 18.2 Å². The zero-order valence-corrected chi connectivity index (χ0v) is 21.5. The number of rotatable bonds is 10. The molecule has 4 rings (SSSR count). The SMILES string of the molecule is CC(=N)c1ccc(O)cc1NCC(=O)N[C@@H](Cc1cc(F)cc(F)c1)c1ncccc1-c1cccc(C(N)=O)c1. The summed E-state index contributed by atoms with van der Waals surface area (Å²) in [4.78, 5) is 29.4. The molecular formula is C30H27F2N5O3. The molecule has 3 aromatic carbocycles. The Kier molecular flexibility index (Phi) is 8.48. The number of hydrogen-bond acceptors (Lipinski definition) is 6. The van der Waals surface area contributed by atoms with Crippen molar-refractivity contribution in [2.24, 2.45) is 5.73 Å². The van der Waals surface area contributed by atoms with Gasteiger partial charge in [0.1, 0.15) is 17.4 Å². The van der Waals surface area contributed by atoms with Gasteiger partial charge in [0.2, 0.25) is 11.8 Å². The lowest BCUT2D eigenvalue weighted by molar-refractivity contribution is -0.120. The summed E-state index contributed by atoms with van der Waals surface area (Å²) >= 11 is 0. The van der Waals surface area contributed by atoms with Crippen LogP contribution in [-0.4, -0.2) is 34.2 Å². The van der Waals surface area contributed by atoms with Gasteiger partial charge in [-0.2, -0.15) is 0 Å². The molecule has 1 heterocycles. The maximum atomic E-state index is 14.0. The van der Waals surface area contributed by atoms with E-state index in [4.69, 9.17) is 11.1 Å². The van der Waals surface area contributed by atoms with Gasteiger partial charge in [0.15, 0.2) is 0 Å². The number of nitrogens with two attached hydrogens (primary N) is 1. The minimum atomic E-state index is -0.822. The van der Waals surface area contributed by atoms with E-state index in [0.717, 1.165) is 6.07 Å². The highest BCUT2D eigenvalue weighted by Crippen LogP contribution is 2.30. The number of amides is 2. The molecule has 0 spiro atoms. The van der Waals surface area contributed by atoms with Gasteiger partial charge in [-0.3, -0.25) is 14.6 Å². The topological polar surface area (TPSA) is 141 Å². The predicted octanol–water partition coefficient (Wildman–Crippen LogP) is 4.73. The predicted molar refractivity (Wildman–Crippen MR) is 148 cm³/mol. The minimum absolute atomic E-state index is 0.0108. The number of aromatic nitrogens is 1. The number of carbonyl (C=O) groups is 2. The van der Waals surface area contributed by atoms with Gasteiger partial charge >= 0.3 is 0 Å². The highest BCUT2D eigenvalue weighted by atomic mass is 19.1. The van der Waals surface area contributed by atoms with E-state index < -0.39 is 29.5 Å². The first-order chi connectivity index (χ1) is 19.1. The molecule has 8 nitrogen and oxygen atoms in total. The standard InChI is InChI=1S/C30H27F2N5O3/c1-17(33)24-8-7-23(38)15-26(24)36-16-28(39)37-27(12-18-10-21(31)14-22(32)11-18)29-25(6-3-9-35-29)19-4-2-5-20(13-19)30(34)40/h2-11,13-15,27,33,36,38H,12,16H2,1H3,(H2,34,40)(H,37,39)/t27-/m0/s1. The van der Waals surface area contributed by atoms with E-state index in [1.807, 2.05) is 0 Å². The van der Waals surface area contributed by atoms with E-state index in [1.54, 1.807) is 49.4 Å². The fourth-order valence-corrected chi connectivity index (χ4v) is 4.39. The summed E-state index contributed by atoms with van der Waals surface area (Å²) in [6.07, 6.45) is 1.54. The molecule has 0 saturated heterocycles. The average molecular weight is 544 g/mol. The Morgan fingerprint density at radius 1 is 1.02 bits per heavy atom. The van der Waals surface area contributed by atoms with Crippen LogP contribution in [0.4, 0.5) is 14.5 Å². The van der Waals surface area contributed by atoms with Gasteiger partial charge in [0, 0.05) is 46.4 Å². The van der Waals surface area contributed by atoms with Crippen LogP contribution in [0.15, 0.2) is 79.0 Å². The lowest BCUT2D eigenvalue weighted by Gasteiger charge is -2.22. The molecule has 6 N–H and O–H groups in total. The van der Waals surface area contributed by atoms with Crippen molar-refractivity contribution in [3.63, 3.8) is 0 Å². The zero-order valence-electron chi connectivity index (χ0n) is 21.5. The van der Waals surface area contributed by atoms with E-state index in [1.165, 1.54) is 30.5 Å². The third kappa shape index (κ3) is 6.84. The highest BCUT2D eigenvalue weighted by molar-refractivity contribution is 6.02. The van der Waals surface area contributed by atoms with Crippen molar-refractivity contribution in [2.45, 2.75) is 19.4 Å². The molecular weight excluding hydrogens is 516 g/mol. The summed E-state index contributed by atoms with van der Waals surface area (Å²) in [5.41, 5.74) is 8.81. The fourth-order valence-electron chi connectivity index (χ4n) is 4.39. The molecule has 1 atom stereocenters. The number of phenols is 1. The first-order valence-electron chi connectivity index (χ1n) is 12.3. The Hall–Kier alpha value is -5.12. The number of anilines is 1. The summed E-state index contributed by atoms with van der Waals surface area (Å²) in [5.74, 6) is -2.62. The molecule has 2 amide bonds. The van der Waals surface area contributed by atoms with Crippen LogP contribution in [0.2, 0.25) is 0 Å². The van der Waals surface area contributed by atoms with Crippen LogP contribution in [0.5, 0.6) is 5.75 Å². The quantitative estimate of drug-likeness (QED) is 0.184. The molecule has 10 heteroatoms. The van der Waals surface area contributed by atoms with Crippen molar-refractivity contribution < 1.29 is 23.5 Å². The maximum absolute atomic E-state index is 14.0. The lowest BCUT2D eigenvalue weighted by atomic mass is 9.94. The van der Waals surface area contributed by atoms with Crippen molar-refractivity contribution in [1.82, 2.24) is 10.3 Å². The Balaban J connectivity index is 1.67. The fraction of sp³-hybridized carbons (Fsp3) is 0.133. The Morgan fingerprint density at radius 3 is 2.48 bits per heavy atom. The van der Waals surface area contributed by atoms with Crippen LogP contribution < -0.4 is 16.4 Å². The van der Waals surface area contributed by atoms with Crippen LogP contribution in [0.3, 0.4) is 0 Å². The summed E-state index contributed by atoms with van der Waals surface area (Å²) in [5, 5.41) is 23.6. The smallest absolute Gasteiger partial charge is 0.248 e. The lowest BCUT2D eigenvalue weighted by Crippen LogP contribution is -2.35. The van der Waals surface area contributed by atoms with E-state index in [2.05, 4.69) is 15.6 Å². The van der Waals surface area contributed by atoms with Gasteiger partial charge in [0.05, 0.1) is 18.3 Å². The normalized spacial score (nSPS) is 11.5. The summed E-state index contributed by atoms with van der Waals surface area (Å²) in [7, 11) is 0. The Bertz CT molecular complexity index is 1570. The molecule has 1 aromatic heterocycles. The van der Waals surface area contributed by atoms with Crippen LogP contribution >= 0.6 is 0 Å². The molecule has 0 radical (unpaired) electrons. The van der Waals surface area contributed by atoms with Crippen molar-refractivity contribution in [2.75, 3.05) is 11.9 Å². The van der Waals surface area contributed by atoms with Crippen LogP contribution in [-0.2, 0) is 11.2 Å². The number of halogens is 2. The van der Waals surface area contributed by atoms with Gasteiger partial charge in [-0.05, 0) is 66.9 Å². The number of aromatic hydroxyl groups is 1. The number of benzene rings is 3. The number of nitrogens with zero attached hydrogens (tertiary/aromatic N) is 1. The second-order valence-electron chi connectivity index (χ2n) is 9.19. The molecule has 204 valence electrons. The molecule has 4 aromatic rings.